The minimum Gasteiger partial charge on any atom is -0.506 e. The Bertz CT molecular complexity index is 1280. The maximum absolute atomic E-state index is 10.7. The largest absolute Gasteiger partial charge is 0.506 e. The SMILES string of the molecule is COc1ccc(C2=NN3[C@H](C2)c2cc(Cl)ccc2O[C@@H]3c2cc(Cl)cc(Cl)c2O)cc1OC. The minimum absolute atomic E-state index is 0.100. The Morgan fingerprint density at radius 2 is 1.70 bits per heavy atom. The second-order valence-corrected chi connectivity index (χ2v) is 8.97. The van der Waals surface area contributed by atoms with Crippen molar-refractivity contribution in [2.75, 3.05) is 14.2 Å². The lowest BCUT2D eigenvalue weighted by atomic mass is 9.95. The van der Waals surface area contributed by atoms with Gasteiger partial charge in [0.2, 0.25) is 6.23 Å². The number of rotatable bonds is 4. The van der Waals surface area contributed by atoms with Crippen LogP contribution >= 0.6 is 34.8 Å². The number of ether oxygens (including phenoxy) is 3. The van der Waals surface area contributed by atoms with Gasteiger partial charge in [-0.05, 0) is 48.5 Å². The van der Waals surface area contributed by atoms with Gasteiger partial charge >= 0.3 is 0 Å². The van der Waals surface area contributed by atoms with E-state index in [2.05, 4.69) is 0 Å². The molecular formula is C24H19Cl3N2O4. The first-order valence-electron chi connectivity index (χ1n) is 10.1. The van der Waals surface area contributed by atoms with Crippen LogP contribution in [0, 0.1) is 0 Å². The molecule has 0 unspecified atom stereocenters. The summed E-state index contributed by atoms with van der Waals surface area (Å²) in [5.41, 5.74) is 3.05. The van der Waals surface area contributed by atoms with Gasteiger partial charge in [-0.25, -0.2) is 5.01 Å². The van der Waals surface area contributed by atoms with Crippen LogP contribution in [0.1, 0.15) is 35.4 Å². The summed E-state index contributed by atoms with van der Waals surface area (Å²) >= 11 is 18.7. The van der Waals surface area contributed by atoms with Gasteiger partial charge in [0.1, 0.15) is 11.5 Å². The predicted octanol–water partition coefficient (Wildman–Crippen LogP) is 6.61. The zero-order valence-corrected chi connectivity index (χ0v) is 19.9. The average Bonchev–Trinajstić information content (AvgIpc) is 3.26. The highest BCUT2D eigenvalue weighted by Gasteiger charge is 2.42. The van der Waals surface area contributed by atoms with Crippen LogP contribution in [0.3, 0.4) is 0 Å². The molecular weight excluding hydrogens is 487 g/mol. The number of hydrazone groups is 1. The Hall–Kier alpha value is -2.80. The molecule has 0 saturated carbocycles. The molecule has 0 saturated heterocycles. The summed E-state index contributed by atoms with van der Waals surface area (Å²) in [6.07, 6.45) is -0.143. The number of benzene rings is 3. The van der Waals surface area contributed by atoms with Crippen LogP contribution < -0.4 is 14.2 Å². The summed E-state index contributed by atoms with van der Waals surface area (Å²) in [5, 5.41) is 18.5. The van der Waals surface area contributed by atoms with Crippen LogP contribution in [-0.2, 0) is 0 Å². The molecule has 0 bridgehead atoms. The predicted molar refractivity (Wildman–Crippen MR) is 128 cm³/mol. The first-order chi connectivity index (χ1) is 15.9. The molecule has 2 aliphatic heterocycles. The molecule has 2 atom stereocenters. The fourth-order valence-corrected chi connectivity index (χ4v) is 4.92. The molecule has 2 heterocycles. The van der Waals surface area contributed by atoms with Gasteiger partial charge in [-0.15, -0.1) is 0 Å². The number of methoxy groups -OCH3 is 2. The monoisotopic (exact) mass is 504 g/mol. The van der Waals surface area contributed by atoms with Crippen molar-refractivity contribution in [2.24, 2.45) is 5.10 Å². The molecule has 0 fully saturated rings. The van der Waals surface area contributed by atoms with Gasteiger partial charge in [0, 0.05) is 27.6 Å². The van der Waals surface area contributed by atoms with Gasteiger partial charge in [0.15, 0.2) is 11.5 Å². The van der Waals surface area contributed by atoms with E-state index in [0.29, 0.717) is 39.3 Å². The normalized spacial score (nSPS) is 18.8. The molecule has 0 aromatic heterocycles. The highest BCUT2D eigenvalue weighted by Crippen LogP contribution is 2.50. The Kier molecular flexibility index (Phi) is 5.69. The maximum atomic E-state index is 10.7. The number of aromatic hydroxyl groups is 1. The quantitative estimate of drug-likeness (QED) is 0.432. The van der Waals surface area contributed by atoms with E-state index in [0.717, 1.165) is 16.8 Å². The third kappa shape index (κ3) is 3.82. The Labute approximate surface area is 205 Å². The molecule has 5 rings (SSSR count). The molecule has 9 heteroatoms. The minimum atomic E-state index is -0.738. The van der Waals surface area contributed by atoms with E-state index in [1.807, 2.05) is 35.3 Å². The van der Waals surface area contributed by atoms with E-state index >= 15 is 0 Å². The van der Waals surface area contributed by atoms with Crippen molar-refractivity contribution in [2.45, 2.75) is 18.7 Å². The van der Waals surface area contributed by atoms with Crippen molar-refractivity contribution in [3.8, 4) is 23.0 Å². The van der Waals surface area contributed by atoms with E-state index in [-0.39, 0.29) is 16.8 Å². The number of fused-ring (bicyclic) bond motifs is 3. The summed E-state index contributed by atoms with van der Waals surface area (Å²) in [7, 11) is 3.19. The van der Waals surface area contributed by atoms with Crippen molar-refractivity contribution in [1.82, 2.24) is 5.01 Å². The second-order valence-electron chi connectivity index (χ2n) is 7.69. The van der Waals surface area contributed by atoms with Gasteiger partial charge in [-0.1, -0.05) is 34.8 Å². The summed E-state index contributed by atoms with van der Waals surface area (Å²) in [6.45, 7) is 0. The number of phenolic OH excluding ortho intramolecular Hbond substituents is 1. The molecule has 3 aromatic carbocycles. The standard InChI is InChI=1S/C24H19Cl3N2O4/c1-31-21-5-3-12(7-22(21)32-2)18-11-19-15-8-13(25)4-6-20(15)33-24(29(19)28-18)16-9-14(26)10-17(27)23(16)30/h3-10,19,24,30H,11H2,1-2H3/t19-,24-/m1/s1. The molecule has 0 radical (unpaired) electrons. The van der Waals surface area contributed by atoms with E-state index in [9.17, 15) is 5.11 Å². The highest BCUT2D eigenvalue weighted by atomic mass is 35.5. The number of phenols is 1. The van der Waals surface area contributed by atoms with Crippen molar-refractivity contribution in [3.63, 3.8) is 0 Å². The average molecular weight is 506 g/mol. The van der Waals surface area contributed by atoms with Crippen molar-refractivity contribution >= 4 is 40.5 Å². The zero-order chi connectivity index (χ0) is 23.3. The van der Waals surface area contributed by atoms with Gasteiger partial charge < -0.3 is 19.3 Å². The van der Waals surface area contributed by atoms with Crippen molar-refractivity contribution in [1.29, 1.82) is 0 Å². The maximum Gasteiger partial charge on any atom is 0.217 e. The number of nitrogens with zero attached hydrogens (tertiary/aromatic N) is 2. The summed E-state index contributed by atoms with van der Waals surface area (Å²) in [6, 6.07) is 14.1. The Morgan fingerprint density at radius 3 is 2.45 bits per heavy atom. The lowest BCUT2D eigenvalue weighted by Gasteiger charge is -2.38. The van der Waals surface area contributed by atoms with Crippen LogP contribution in [0.25, 0.3) is 0 Å². The molecule has 0 aliphatic carbocycles. The van der Waals surface area contributed by atoms with E-state index in [1.165, 1.54) is 6.07 Å². The molecule has 0 spiro atoms. The smallest absolute Gasteiger partial charge is 0.217 e. The summed E-state index contributed by atoms with van der Waals surface area (Å²) in [5.74, 6) is 1.80. The second kappa shape index (κ2) is 8.52. The van der Waals surface area contributed by atoms with Crippen LogP contribution in [0.4, 0.5) is 0 Å². The van der Waals surface area contributed by atoms with E-state index in [1.54, 1.807) is 26.4 Å². The summed E-state index contributed by atoms with van der Waals surface area (Å²) in [4.78, 5) is 0. The van der Waals surface area contributed by atoms with Crippen LogP contribution in [0.2, 0.25) is 15.1 Å². The Balaban J connectivity index is 1.63. The van der Waals surface area contributed by atoms with Gasteiger partial charge in [0.05, 0.1) is 36.6 Å². The number of hydrogen-bond donors (Lipinski definition) is 1. The topological polar surface area (TPSA) is 63.5 Å². The third-order valence-electron chi connectivity index (χ3n) is 5.79. The molecule has 2 aliphatic rings. The van der Waals surface area contributed by atoms with Crippen LogP contribution in [0.15, 0.2) is 53.6 Å². The molecule has 170 valence electrons. The van der Waals surface area contributed by atoms with E-state index in [4.69, 9.17) is 54.1 Å². The lowest BCUT2D eigenvalue weighted by Crippen LogP contribution is -2.33. The van der Waals surface area contributed by atoms with Crippen molar-refractivity contribution in [3.05, 3.63) is 80.3 Å². The summed E-state index contributed by atoms with van der Waals surface area (Å²) < 4.78 is 17.1. The lowest BCUT2D eigenvalue weighted by molar-refractivity contribution is -0.0203. The van der Waals surface area contributed by atoms with E-state index < -0.39 is 6.23 Å². The highest BCUT2D eigenvalue weighted by molar-refractivity contribution is 6.35. The van der Waals surface area contributed by atoms with Crippen LogP contribution in [-0.4, -0.2) is 30.0 Å². The fourth-order valence-electron chi connectivity index (χ4n) is 4.23. The first kappa shape index (κ1) is 22.0. The molecule has 6 nitrogen and oxygen atoms in total. The molecule has 33 heavy (non-hydrogen) atoms. The molecule has 1 N–H and O–H groups in total. The third-order valence-corrected chi connectivity index (χ3v) is 6.53. The number of halogens is 3. The van der Waals surface area contributed by atoms with Gasteiger partial charge in [-0.2, -0.15) is 5.10 Å². The fraction of sp³-hybridized carbons (Fsp3) is 0.208. The Morgan fingerprint density at radius 1 is 0.939 bits per heavy atom. The van der Waals surface area contributed by atoms with Gasteiger partial charge in [0.25, 0.3) is 0 Å². The van der Waals surface area contributed by atoms with Crippen LogP contribution in [0.5, 0.6) is 23.0 Å². The van der Waals surface area contributed by atoms with Crippen molar-refractivity contribution < 1.29 is 19.3 Å². The molecule has 3 aromatic rings. The first-order valence-corrected chi connectivity index (χ1v) is 11.2. The molecule has 0 amide bonds. The zero-order valence-electron chi connectivity index (χ0n) is 17.7. The van der Waals surface area contributed by atoms with Gasteiger partial charge in [-0.3, -0.25) is 0 Å². The number of hydrogen-bond acceptors (Lipinski definition) is 6.